The number of thiazole rings is 1. The molecule has 0 bridgehead atoms. The molecule has 1 heterocycles. The number of hydrogen-bond donors (Lipinski definition) is 1. The Bertz CT molecular complexity index is 606. The van der Waals surface area contributed by atoms with E-state index in [1.807, 2.05) is 18.2 Å². The van der Waals surface area contributed by atoms with Crippen LogP contribution in [-0.4, -0.2) is 10.1 Å². The molecule has 0 unspecified atom stereocenters. The number of aliphatic hydroxyl groups is 1. The first-order chi connectivity index (χ1) is 9.63. The van der Waals surface area contributed by atoms with Gasteiger partial charge in [0.15, 0.2) is 0 Å². The van der Waals surface area contributed by atoms with E-state index >= 15 is 0 Å². The molecule has 106 valence electrons. The molecule has 0 fully saturated rings. The minimum absolute atomic E-state index is 0.300. The summed E-state index contributed by atoms with van der Waals surface area (Å²) < 4.78 is 5.81. The molecule has 3 nitrogen and oxygen atoms in total. The normalized spacial score (nSPS) is 17.5. The van der Waals surface area contributed by atoms with E-state index in [0.717, 1.165) is 34.9 Å². The van der Waals surface area contributed by atoms with Crippen LogP contribution in [-0.2, 0) is 13.0 Å². The first-order valence-corrected chi connectivity index (χ1v) is 7.89. The summed E-state index contributed by atoms with van der Waals surface area (Å²) in [5.41, 5.74) is 3.24. The molecule has 0 radical (unpaired) electrons. The Labute approximate surface area is 123 Å². The Kier molecular flexibility index (Phi) is 3.76. The number of hydrogen-bond acceptors (Lipinski definition) is 4. The molecule has 0 saturated carbocycles. The number of aryl methyl sites for hydroxylation is 1. The third kappa shape index (κ3) is 2.72. The quantitative estimate of drug-likeness (QED) is 0.930. The molecule has 3 rings (SSSR count). The van der Waals surface area contributed by atoms with Crippen molar-refractivity contribution in [1.82, 2.24) is 4.98 Å². The van der Waals surface area contributed by atoms with Crippen molar-refractivity contribution in [1.29, 1.82) is 0 Å². The van der Waals surface area contributed by atoms with Gasteiger partial charge in [0.2, 0.25) is 0 Å². The van der Waals surface area contributed by atoms with Crippen LogP contribution in [0.1, 0.15) is 54.1 Å². The Morgan fingerprint density at radius 1 is 1.45 bits per heavy atom. The third-order valence-corrected chi connectivity index (χ3v) is 4.80. The third-order valence-electron chi connectivity index (χ3n) is 3.61. The lowest BCUT2D eigenvalue weighted by atomic mass is 10.1. The van der Waals surface area contributed by atoms with Crippen LogP contribution in [0.3, 0.4) is 0 Å². The van der Waals surface area contributed by atoms with Crippen LogP contribution in [0.4, 0.5) is 0 Å². The van der Waals surface area contributed by atoms with E-state index in [0.29, 0.717) is 12.5 Å². The lowest BCUT2D eigenvalue weighted by Crippen LogP contribution is -1.98. The van der Waals surface area contributed by atoms with Crippen LogP contribution >= 0.6 is 11.3 Å². The molecule has 4 heteroatoms. The maximum atomic E-state index is 9.79. The number of benzene rings is 1. The highest BCUT2D eigenvalue weighted by molar-refractivity contribution is 7.09. The Morgan fingerprint density at radius 2 is 2.30 bits per heavy atom. The topological polar surface area (TPSA) is 42.4 Å². The van der Waals surface area contributed by atoms with Gasteiger partial charge in [-0.25, -0.2) is 4.98 Å². The van der Waals surface area contributed by atoms with E-state index in [2.05, 4.69) is 24.2 Å². The first kappa shape index (κ1) is 13.6. The molecule has 20 heavy (non-hydrogen) atoms. The summed E-state index contributed by atoms with van der Waals surface area (Å²) in [6, 6.07) is 5.95. The van der Waals surface area contributed by atoms with Crippen molar-refractivity contribution in [3.63, 3.8) is 0 Å². The van der Waals surface area contributed by atoms with Gasteiger partial charge < -0.3 is 9.84 Å². The molecular formula is C16H19NO2S. The van der Waals surface area contributed by atoms with E-state index in [9.17, 15) is 5.11 Å². The largest absolute Gasteiger partial charge is 0.487 e. The SMILES string of the molecule is CC(C)c1nc(COc2ccc3c(c2)CC[C@H]3O)cs1. The first-order valence-electron chi connectivity index (χ1n) is 7.01. The minimum atomic E-state index is -0.300. The number of nitrogens with zero attached hydrogens (tertiary/aromatic N) is 1. The zero-order chi connectivity index (χ0) is 14.1. The molecule has 0 saturated heterocycles. The molecule has 1 atom stereocenters. The summed E-state index contributed by atoms with van der Waals surface area (Å²) >= 11 is 1.69. The van der Waals surface area contributed by atoms with Gasteiger partial charge in [-0.3, -0.25) is 0 Å². The summed E-state index contributed by atoms with van der Waals surface area (Å²) in [7, 11) is 0. The standard InChI is InChI=1S/C16H19NO2S/c1-10(2)16-17-12(9-20-16)8-19-13-4-5-14-11(7-13)3-6-15(14)18/h4-5,7,9-10,15,18H,3,6,8H2,1-2H3/t15-/m1/s1. The van der Waals surface area contributed by atoms with Crippen molar-refractivity contribution in [2.75, 3.05) is 0 Å². The van der Waals surface area contributed by atoms with Gasteiger partial charge in [-0.05, 0) is 36.1 Å². The molecule has 1 N–H and O–H groups in total. The molecule has 2 aromatic rings. The fourth-order valence-corrected chi connectivity index (χ4v) is 3.29. The lowest BCUT2D eigenvalue weighted by Gasteiger charge is -2.08. The molecule has 1 aliphatic carbocycles. The van der Waals surface area contributed by atoms with Crippen LogP contribution in [0, 0.1) is 0 Å². The second kappa shape index (κ2) is 5.54. The minimum Gasteiger partial charge on any atom is -0.487 e. The summed E-state index contributed by atoms with van der Waals surface area (Å²) in [4.78, 5) is 4.56. The van der Waals surface area contributed by atoms with Gasteiger partial charge in [0, 0.05) is 11.3 Å². The molecule has 0 aliphatic heterocycles. The van der Waals surface area contributed by atoms with Crippen LogP contribution in [0.25, 0.3) is 0 Å². The number of aromatic nitrogens is 1. The Hall–Kier alpha value is -1.39. The predicted octanol–water partition coefficient (Wildman–Crippen LogP) is 3.83. The van der Waals surface area contributed by atoms with E-state index in [4.69, 9.17) is 4.74 Å². The fourth-order valence-electron chi connectivity index (χ4n) is 2.47. The van der Waals surface area contributed by atoms with Gasteiger partial charge in [-0.1, -0.05) is 19.9 Å². The molecule has 1 aromatic carbocycles. The molecule has 1 aliphatic rings. The highest BCUT2D eigenvalue weighted by Gasteiger charge is 2.20. The number of fused-ring (bicyclic) bond motifs is 1. The monoisotopic (exact) mass is 289 g/mol. The average molecular weight is 289 g/mol. The van der Waals surface area contributed by atoms with Crippen molar-refractivity contribution >= 4 is 11.3 Å². The predicted molar refractivity (Wildman–Crippen MR) is 80.3 cm³/mol. The number of ether oxygens (including phenoxy) is 1. The van der Waals surface area contributed by atoms with Gasteiger partial charge in [0.25, 0.3) is 0 Å². The van der Waals surface area contributed by atoms with Crippen molar-refractivity contribution in [2.24, 2.45) is 0 Å². The van der Waals surface area contributed by atoms with E-state index in [-0.39, 0.29) is 6.10 Å². The van der Waals surface area contributed by atoms with Crippen molar-refractivity contribution in [2.45, 2.75) is 45.3 Å². The van der Waals surface area contributed by atoms with Gasteiger partial charge in [0.1, 0.15) is 12.4 Å². The summed E-state index contributed by atoms with van der Waals surface area (Å²) in [6.45, 7) is 4.80. The molecule has 0 amide bonds. The molecular weight excluding hydrogens is 270 g/mol. The zero-order valence-electron chi connectivity index (χ0n) is 11.8. The van der Waals surface area contributed by atoms with Crippen LogP contribution in [0.5, 0.6) is 5.75 Å². The highest BCUT2D eigenvalue weighted by Crippen LogP contribution is 2.33. The maximum absolute atomic E-state index is 9.79. The summed E-state index contributed by atoms with van der Waals surface area (Å²) in [5.74, 6) is 1.33. The summed E-state index contributed by atoms with van der Waals surface area (Å²) in [6.07, 6.45) is 1.45. The second-order valence-corrected chi connectivity index (χ2v) is 6.43. The lowest BCUT2D eigenvalue weighted by molar-refractivity contribution is 0.180. The van der Waals surface area contributed by atoms with Gasteiger partial charge in [0.05, 0.1) is 16.8 Å². The second-order valence-electron chi connectivity index (χ2n) is 5.54. The van der Waals surface area contributed by atoms with Crippen molar-refractivity contribution in [3.8, 4) is 5.75 Å². The van der Waals surface area contributed by atoms with Gasteiger partial charge in [-0.2, -0.15) is 0 Å². The Morgan fingerprint density at radius 3 is 3.05 bits per heavy atom. The number of rotatable bonds is 4. The van der Waals surface area contributed by atoms with Crippen molar-refractivity contribution < 1.29 is 9.84 Å². The van der Waals surface area contributed by atoms with E-state index in [1.54, 1.807) is 11.3 Å². The summed E-state index contributed by atoms with van der Waals surface area (Å²) in [5, 5.41) is 13.0. The van der Waals surface area contributed by atoms with Gasteiger partial charge in [-0.15, -0.1) is 11.3 Å². The Balaban J connectivity index is 1.66. The van der Waals surface area contributed by atoms with Crippen molar-refractivity contribution in [3.05, 3.63) is 45.4 Å². The van der Waals surface area contributed by atoms with Crippen LogP contribution in [0.2, 0.25) is 0 Å². The van der Waals surface area contributed by atoms with E-state index < -0.39 is 0 Å². The highest BCUT2D eigenvalue weighted by atomic mass is 32.1. The smallest absolute Gasteiger partial charge is 0.131 e. The van der Waals surface area contributed by atoms with Crippen LogP contribution < -0.4 is 4.74 Å². The zero-order valence-corrected chi connectivity index (χ0v) is 12.6. The average Bonchev–Trinajstić information content (AvgIpc) is 3.04. The maximum Gasteiger partial charge on any atom is 0.131 e. The molecule has 0 spiro atoms. The van der Waals surface area contributed by atoms with Gasteiger partial charge >= 0.3 is 0 Å². The fraction of sp³-hybridized carbons (Fsp3) is 0.438. The van der Waals surface area contributed by atoms with E-state index in [1.165, 1.54) is 5.56 Å². The molecule has 1 aromatic heterocycles. The number of aliphatic hydroxyl groups excluding tert-OH is 1. The van der Waals surface area contributed by atoms with Crippen LogP contribution in [0.15, 0.2) is 23.6 Å².